The molecule has 0 fully saturated rings. The van der Waals surface area contributed by atoms with Crippen LogP contribution in [-0.4, -0.2) is 37.1 Å². The fourth-order valence-electron chi connectivity index (χ4n) is 2.17. The maximum Gasteiger partial charge on any atom is 0.338 e. The first-order valence-corrected chi connectivity index (χ1v) is 7.97. The Labute approximate surface area is 155 Å². The summed E-state index contributed by atoms with van der Waals surface area (Å²) in [5, 5.41) is 13.6. The smallest absolute Gasteiger partial charge is 0.338 e. The average Bonchev–Trinajstić information content (AvgIpc) is 2.67. The van der Waals surface area contributed by atoms with Gasteiger partial charge >= 0.3 is 11.7 Å². The molecule has 0 heterocycles. The Kier molecular flexibility index (Phi) is 6.70. The number of carbonyl (C=O) groups is 2. The number of carbonyl (C=O) groups excluding carboxylic acids is 2. The third kappa shape index (κ3) is 5.43. The first-order valence-electron chi connectivity index (χ1n) is 7.97. The molecule has 0 aliphatic rings. The second-order valence-corrected chi connectivity index (χ2v) is 5.23. The van der Waals surface area contributed by atoms with E-state index >= 15 is 0 Å². The van der Waals surface area contributed by atoms with Crippen LogP contribution >= 0.6 is 0 Å². The van der Waals surface area contributed by atoms with Gasteiger partial charge in [0.2, 0.25) is 0 Å². The molecule has 2 aromatic rings. The monoisotopic (exact) mass is 374 g/mol. The largest absolute Gasteiger partial charge is 0.494 e. The van der Waals surface area contributed by atoms with Gasteiger partial charge in [-0.3, -0.25) is 14.9 Å². The third-order valence-electron chi connectivity index (χ3n) is 3.39. The van der Waals surface area contributed by atoms with Crippen molar-refractivity contribution < 1.29 is 28.7 Å². The van der Waals surface area contributed by atoms with Gasteiger partial charge in [0.1, 0.15) is 5.75 Å². The zero-order chi connectivity index (χ0) is 19.8. The number of ether oxygens (including phenoxy) is 3. The van der Waals surface area contributed by atoms with E-state index in [1.165, 1.54) is 19.2 Å². The summed E-state index contributed by atoms with van der Waals surface area (Å²) in [6, 6.07) is 10.3. The fourth-order valence-corrected chi connectivity index (χ4v) is 2.17. The highest BCUT2D eigenvalue weighted by Gasteiger charge is 2.19. The first-order chi connectivity index (χ1) is 12.9. The number of nitro groups is 1. The maximum absolute atomic E-state index is 12.0. The van der Waals surface area contributed by atoms with E-state index in [4.69, 9.17) is 14.2 Å². The first kappa shape index (κ1) is 19.7. The minimum Gasteiger partial charge on any atom is -0.494 e. The van der Waals surface area contributed by atoms with Crippen LogP contribution in [0.3, 0.4) is 0 Å². The second-order valence-electron chi connectivity index (χ2n) is 5.23. The fraction of sp³-hybridized carbons (Fsp3) is 0.222. The lowest BCUT2D eigenvalue weighted by atomic mass is 10.2. The molecule has 0 bridgehead atoms. The highest BCUT2D eigenvalue weighted by Crippen LogP contribution is 2.27. The number of amides is 1. The highest BCUT2D eigenvalue weighted by molar-refractivity contribution is 5.96. The van der Waals surface area contributed by atoms with E-state index in [1.807, 2.05) is 6.92 Å². The number of rotatable bonds is 8. The van der Waals surface area contributed by atoms with Crippen LogP contribution in [0.25, 0.3) is 0 Å². The van der Waals surface area contributed by atoms with Crippen molar-refractivity contribution in [1.29, 1.82) is 0 Å². The summed E-state index contributed by atoms with van der Waals surface area (Å²) < 4.78 is 15.1. The molecule has 0 saturated carbocycles. The Bertz CT molecular complexity index is 834. The molecule has 0 saturated heterocycles. The summed E-state index contributed by atoms with van der Waals surface area (Å²) >= 11 is 0. The average molecular weight is 374 g/mol. The predicted octanol–water partition coefficient (Wildman–Crippen LogP) is 2.80. The Morgan fingerprint density at radius 1 is 1.15 bits per heavy atom. The van der Waals surface area contributed by atoms with E-state index in [2.05, 4.69) is 5.32 Å². The number of nitrogens with one attached hydrogen (secondary N) is 1. The third-order valence-corrected chi connectivity index (χ3v) is 3.39. The molecular weight excluding hydrogens is 356 g/mol. The second kappa shape index (κ2) is 9.18. The number of anilines is 1. The summed E-state index contributed by atoms with van der Waals surface area (Å²) in [5.41, 5.74) is 0.0849. The van der Waals surface area contributed by atoms with E-state index in [0.717, 1.165) is 6.07 Å². The van der Waals surface area contributed by atoms with E-state index in [9.17, 15) is 19.7 Å². The Morgan fingerprint density at radius 3 is 2.44 bits per heavy atom. The minimum atomic E-state index is -0.859. The molecule has 2 aromatic carbocycles. The molecular formula is C18H18N2O7. The van der Waals surface area contributed by atoms with Gasteiger partial charge in [-0.1, -0.05) is 0 Å². The van der Waals surface area contributed by atoms with Gasteiger partial charge in [0.15, 0.2) is 12.4 Å². The molecule has 0 aliphatic carbocycles. The van der Waals surface area contributed by atoms with Gasteiger partial charge in [0.05, 0.1) is 24.2 Å². The van der Waals surface area contributed by atoms with E-state index < -0.39 is 23.4 Å². The lowest BCUT2D eigenvalue weighted by molar-refractivity contribution is -0.385. The Balaban J connectivity index is 1.93. The van der Waals surface area contributed by atoms with Crippen molar-refractivity contribution in [3.63, 3.8) is 0 Å². The van der Waals surface area contributed by atoms with Crippen LogP contribution in [0.2, 0.25) is 0 Å². The lowest BCUT2D eigenvalue weighted by Crippen LogP contribution is -2.21. The molecule has 0 aromatic heterocycles. The van der Waals surface area contributed by atoms with Crippen LogP contribution in [0.1, 0.15) is 17.3 Å². The molecule has 9 nitrogen and oxygen atoms in total. The predicted molar refractivity (Wildman–Crippen MR) is 96.2 cm³/mol. The van der Waals surface area contributed by atoms with Crippen LogP contribution in [0.15, 0.2) is 42.5 Å². The number of hydrogen-bond donors (Lipinski definition) is 1. The molecule has 27 heavy (non-hydrogen) atoms. The maximum atomic E-state index is 12.0. The van der Waals surface area contributed by atoms with Crippen LogP contribution < -0.4 is 14.8 Å². The van der Waals surface area contributed by atoms with Crippen molar-refractivity contribution in [3.05, 3.63) is 58.1 Å². The van der Waals surface area contributed by atoms with Gasteiger partial charge in [0, 0.05) is 11.8 Å². The number of methoxy groups -OCH3 is 1. The van der Waals surface area contributed by atoms with Gasteiger partial charge in [-0.25, -0.2) is 4.79 Å². The Morgan fingerprint density at radius 2 is 1.85 bits per heavy atom. The number of nitro benzene ring substituents is 1. The molecule has 1 N–H and O–H groups in total. The van der Waals surface area contributed by atoms with E-state index in [0.29, 0.717) is 18.0 Å². The summed E-state index contributed by atoms with van der Waals surface area (Å²) in [6.07, 6.45) is 0. The van der Waals surface area contributed by atoms with E-state index in [-0.39, 0.29) is 17.0 Å². The van der Waals surface area contributed by atoms with Crippen molar-refractivity contribution in [3.8, 4) is 11.5 Å². The number of esters is 1. The summed E-state index contributed by atoms with van der Waals surface area (Å²) in [4.78, 5) is 34.2. The lowest BCUT2D eigenvalue weighted by Gasteiger charge is -2.08. The summed E-state index contributed by atoms with van der Waals surface area (Å²) in [7, 11) is 1.28. The van der Waals surface area contributed by atoms with Crippen molar-refractivity contribution in [2.75, 3.05) is 25.6 Å². The SMILES string of the molecule is CCOc1ccc(NC(=O)COC(=O)c2ccc(OC)c([N+](=O)[O-])c2)cc1. The summed E-state index contributed by atoms with van der Waals surface area (Å²) in [6.45, 7) is 1.86. The molecule has 2 rings (SSSR count). The number of hydrogen-bond acceptors (Lipinski definition) is 7. The standard InChI is InChI=1S/C18H18N2O7/c1-3-26-14-7-5-13(6-8-14)19-17(21)11-27-18(22)12-4-9-16(25-2)15(10-12)20(23)24/h4-10H,3,11H2,1-2H3,(H,19,21). The van der Waals surface area contributed by atoms with Gasteiger partial charge in [-0.05, 0) is 43.3 Å². The van der Waals surface area contributed by atoms with Gasteiger partial charge in [-0.2, -0.15) is 0 Å². The number of nitrogens with zero attached hydrogens (tertiary/aromatic N) is 1. The summed E-state index contributed by atoms with van der Waals surface area (Å²) in [5.74, 6) is -0.717. The van der Waals surface area contributed by atoms with E-state index in [1.54, 1.807) is 24.3 Å². The Hall–Kier alpha value is -3.62. The van der Waals surface area contributed by atoms with Crippen LogP contribution in [0.4, 0.5) is 11.4 Å². The molecule has 0 aliphatic heterocycles. The quantitative estimate of drug-likeness (QED) is 0.429. The van der Waals surface area contributed by atoms with Crippen molar-refractivity contribution >= 4 is 23.3 Å². The van der Waals surface area contributed by atoms with Crippen LogP contribution in [-0.2, 0) is 9.53 Å². The van der Waals surface area contributed by atoms with Gasteiger partial charge in [-0.15, -0.1) is 0 Å². The molecule has 0 unspecified atom stereocenters. The van der Waals surface area contributed by atoms with Gasteiger partial charge in [0.25, 0.3) is 5.91 Å². The number of benzene rings is 2. The highest BCUT2D eigenvalue weighted by atomic mass is 16.6. The topological polar surface area (TPSA) is 117 Å². The molecule has 9 heteroatoms. The van der Waals surface area contributed by atoms with Crippen molar-refractivity contribution in [2.24, 2.45) is 0 Å². The molecule has 0 radical (unpaired) electrons. The minimum absolute atomic E-state index is 0.0183. The molecule has 142 valence electrons. The van der Waals surface area contributed by atoms with Gasteiger partial charge < -0.3 is 19.5 Å². The van der Waals surface area contributed by atoms with Crippen molar-refractivity contribution in [2.45, 2.75) is 6.92 Å². The normalized spacial score (nSPS) is 10.0. The van der Waals surface area contributed by atoms with Crippen molar-refractivity contribution in [1.82, 2.24) is 0 Å². The molecule has 0 spiro atoms. The molecule has 0 atom stereocenters. The molecule has 1 amide bonds. The zero-order valence-electron chi connectivity index (χ0n) is 14.8. The van der Waals surface area contributed by atoms with Crippen LogP contribution in [0.5, 0.6) is 11.5 Å². The van der Waals surface area contributed by atoms with Crippen LogP contribution in [0, 0.1) is 10.1 Å². The zero-order valence-corrected chi connectivity index (χ0v) is 14.8.